The lowest BCUT2D eigenvalue weighted by Gasteiger charge is -2.03. The van der Waals surface area contributed by atoms with Crippen LogP contribution in [0.3, 0.4) is 0 Å². The zero-order valence-electron chi connectivity index (χ0n) is 8.09. The summed E-state index contributed by atoms with van der Waals surface area (Å²) in [5.74, 6) is 0.511. The molecule has 0 aliphatic rings. The molecule has 0 fully saturated rings. The standard InChI is InChI=1S/C9H8BrN5S/c10-5-2-1-3-13-8(5)16-7-4-6(11)14-9(12)15-7/h1-4H,(H4,11,12,14,15). The van der Waals surface area contributed by atoms with Gasteiger partial charge in [0.15, 0.2) is 0 Å². The Kier molecular flexibility index (Phi) is 3.25. The number of pyridine rings is 1. The second kappa shape index (κ2) is 4.67. The van der Waals surface area contributed by atoms with Crippen molar-refractivity contribution in [2.24, 2.45) is 0 Å². The van der Waals surface area contributed by atoms with E-state index in [0.717, 1.165) is 9.50 Å². The fraction of sp³-hybridized carbons (Fsp3) is 0. The molecule has 0 aliphatic heterocycles. The second-order valence-electron chi connectivity index (χ2n) is 2.88. The molecule has 0 bridgehead atoms. The smallest absolute Gasteiger partial charge is 0.223 e. The predicted molar refractivity (Wildman–Crippen MR) is 66.9 cm³/mol. The largest absolute Gasteiger partial charge is 0.383 e. The summed E-state index contributed by atoms with van der Waals surface area (Å²) in [7, 11) is 0. The lowest BCUT2D eigenvalue weighted by atomic mass is 10.5. The monoisotopic (exact) mass is 297 g/mol. The first kappa shape index (κ1) is 11.2. The van der Waals surface area contributed by atoms with E-state index >= 15 is 0 Å². The Hall–Kier alpha value is -1.34. The molecular formula is C9H8BrN5S. The SMILES string of the molecule is Nc1cc(Sc2ncccc2Br)nc(N)n1. The first-order valence-corrected chi connectivity index (χ1v) is 5.94. The fourth-order valence-corrected chi connectivity index (χ4v) is 2.35. The number of aromatic nitrogens is 3. The van der Waals surface area contributed by atoms with Crippen molar-refractivity contribution in [3.8, 4) is 0 Å². The molecule has 0 atom stereocenters. The van der Waals surface area contributed by atoms with Crippen LogP contribution in [0.5, 0.6) is 0 Å². The van der Waals surface area contributed by atoms with Gasteiger partial charge in [-0.15, -0.1) is 0 Å². The summed E-state index contributed by atoms with van der Waals surface area (Å²) in [6.07, 6.45) is 1.71. The molecule has 0 aromatic carbocycles. The highest BCUT2D eigenvalue weighted by atomic mass is 79.9. The third-order valence-corrected chi connectivity index (χ3v) is 3.51. The zero-order valence-corrected chi connectivity index (χ0v) is 10.5. The summed E-state index contributed by atoms with van der Waals surface area (Å²) >= 11 is 4.77. The number of nitrogen functional groups attached to an aromatic ring is 2. The number of rotatable bonds is 2. The van der Waals surface area contributed by atoms with E-state index < -0.39 is 0 Å². The van der Waals surface area contributed by atoms with Crippen molar-refractivity contribution in [2.75, 3.05) is 11.5 Å². The van der Waals surface area contributed by atoms with Crippen LogP contribution < -0.4 is 11.5 Å². The Morgan fingerprint density at radius 3 is 2.75 bits per heavy atom. The van der Waals surface area contributed by atoms with Gasteiger partial charge >= 0.3 is 0 Å². The van der Waals surface area contributed by atoms with Gasteiger partial charge in [-0.1, -0.05) is 0 Å². The molecule has 5 nitrogen and oxygen atoms in total. The van der Waals surface area contributed by atoms with Crippen molar-refractivity contribution in [1.82, 2.24) is 15.0 Å². The first-order valence-electron chi connectivity index (χ1n) is 4.33. The van der Waals surface area contributed by atoms with Gasteiger partial charge in [0.2, 0.25) is 5.95 Å². The molecule has 2 aromatic rings. The van der Waals surface area contributed by atoms with E-state index in [4.69, 9.17) is 11.5 Å². The van der Waals surface area contributed by atoms with Crippen molar-refractivity contribution >= 4 is 39.5 Å². The molecule has 16 heavy (non-hydrogen) atoms. The Bertz CT molecular complexity index is 499. The number of nitrogens with zero attached hydrogens (tertiary/aromatic N) is 3. The van der Waals surface area contributed by atoms with Gasteiger partial charge in [-0.3, -0.25) is 0 Å². The molecule has 0 saturated heterocycles. The third-order valence-electron chi connectivity index (χ3n) is 1.67. The minimum Gasteiger partial charge on any atom is -0.383 e. The lowest BCUT2D eigenvalue weighted by Crippen LogP contribution is -2.00. The molecular weight excluding hydrogens is 290 g/mol. The number of nitrogens with two attached hydrogens (primary N) is 2. The summed E-state index contributed by atoms with van der Waals surface area (Å²) in [6.45, 7) is 0. The second-order valence-corrected chi connectivity index (χ2v) is 4.75. The summed E-state index contributed by atoms with van der Waals surface area (Å²) in [5.41, 5.74) is 11.1. The molecule has 0 spiro atoms. The lowest BCUT2D eigenvalue weighted by molar-refractivity contribution is 1.05. The molecule has 7 heteroatoms. The Morgan fingerprint density at radius 2 is 2.06 bits per heavy atom. The highest BCUT2D eigenvalue weighted by Gasteiger charge is 2.06. The fourth-order valence-electron chi connectivity index (χ4n) is 1.06. The van der Waals surface area contributed by atoms with E-state index in [1.165, 1.54) is 11.8 Å². The molecule has 0 amide bonds. The molecule has 4 N–H and O–H groups in total. The molecule has 2 heterocycles. The van der Waals surface area contributed by atoms with Crippen LogP contribution in [0, 0.1) is 0 Å². The van der Waals surface area contributed by atoms with Crippen LogP contribution in [-0.2, 0) is 0 Å². The van der Waals surface area contributed by atoms with E-state index in [9.17, 15) is 0 Å². The maximum Gasteiger partial charge on any atom is 0.223 e. The molecule has 0 saturated carbocycles. The summed E-state index contributed by atoms with van der Waals surface area (Å²) in [6, 6.07) is 5.40. The molecule has 2 aromatic heterocycles. The van der Waals surface area contributed by atoms with Gasteiger partial charge in [-0.2, -0.15) is 4.98 Å². The van der Waals surface area contributed by atoms with Crippen LogP contribution in [0.15, 0.2) is 38.9 Å². The topological polar surface area (TPSA) is 90.7 Å². The molecule has 0 radical (unpaired) electrons. The van der Waals surface area contributed by atoms with E-state index in [2.05, 4.69) is 30.9 Å². The van der Waals surface area contributed by atoms with E-state index in [1.54, 1.807) is 12.3 Å². The average Bonchev–Trinajstić information content (AvgIpc) is 2.20. The number of halogens is 1. The van der Waals surface area contributed by atoms with Crippen molar-refractivity contribution in [3.63, 3.8) is 0 Å². The van der Waals surface area contributed by atoms with Gasteiger partial charge in [-0.05, 0) is 39.8 Å². The zero-order chi connectivity index (χ0) is 11.5. The van der Waals surface area contributed by atoms with Crippen molar-refractivity contribution in [1.29, 1.82) is 0 Å². The Morgan fingerprint density at radius 1 is 1.25 bits per heavy atom. The third kappa shape index (κ3) is 2.61. The van der Waals surface area contributed by atoms with E-state index in [-0.39, 0.29) is 5.95 Å². The van der Waals surface area contributed by atoms with E-state index in [0.29, 0.717) is 10.8 Å². The Balaban J connectivity index is 2.30. The predicted octanol–water partition coefficient (Wildman–Crippen LogP) is 1.95. The molecule has 0 aliphatic carbocycles. The van der Waals surface area contributed by atoms with Gasteiger partial charge in [0.05, 0.1) is 4.47 Å². The first-order chi connectivity index (χ1) is 7.65. The molecule has 0 unspecified atom stereocenters. The van der Waals surface area contributed by atoms with Crippen molar-refractivity contribution < 1.29 is 0 Å². The van der Waals surface area contributed by atoms with E-state index in [1.807, 2.05) is 12.1 Å². The number of anilines is 2. The normalized spacial score (nSPS) is 10.3. The summed E-state index contributed by atoms with van der Waals surface area (Å²) in [5, 5.41) is 1.48. The minimum atomic E-state index is 0.162. The van der Waals surface area contributed by atoms with Gasteiger partial charge < -0.3 is 11.5 Å². The van der Waals surface area contributed by atoms with Gasteiger partial charge in [0, 0.05) is 12.3 Å². The maximum atomic E-state index is 5.57. The minimum absolute atomic E-state index is 0.162. The van der Waals surface area contributed by atoms with Crippen molar-refractivity contribution in [3.05, 3.63) is 28.9 Å². The van der Waals surface area contributed by atoms with Crippen LogP contribution in [0.1, 0.15) is 0 Å². The van der Waals surface area contributed by atoms with Crippen LogP contribution >= 0.6 is 27.7 Å². The molecule has 2 rings (SSSR count). The van der Waals surface area contributed by atoms with Gasteiger partial charge in [0.1, 0.15) is 15.9 Å². The molecule has 82 valence electrons. The van der Waals surface area contributed by atoms with Crippen LogP contribution in [0.2, 0.25) is 0 Å². The average molecular weight is 298 g/mol. The van der Waals surface area contributed by atoms with Gasteiger partial charge in [-0.25, -0.2) is 9.97 Å². The maximum absolute atomic E-state index is 5.57. The Labute approximate surface area is 105 Å². The summed E-state index contributed by atoms with van der Waals surface area (Å²) < 4.78 is 0.899. The van der Waals surface area contributed by atoms with Crippen molar-refractivity contribution in [2.45, 2.75) is 10.1 Å². The van der Waals surface area contributed by atoms with Gasteiger partial charge in [0.25, 0.3) is 0 Å². The van der Waals surface area contributed by atoms with Crippen LogP contribution in [0.25, 0.3) is 0 Å². The highest BCUT2D eigenvalue weighted by Crippen LogP contribution is 2.30. The number of hydrogen-bond acceptors (Lipinski definition) is 6. The van der Waals surface area contributed by atoms with Crippen LogP contribution in [0.4, 0.5) is 11.8 Å². The van der Waals surface area contributed by atoms with Crippen LogP contribution in [-0.4, -0.2) is 15.0 Å². The number of hydrogen-bond donors (Lipinski definition) is 2. The summed E-state index contributed by atoms with van der Waals surface area (Å²) in [4.78, 5) is 12.1. The highest BCUT2D eigenvalue weighted by molar-refractivity contribution is 9.10. The quantitative estimate of drug-likeness (QED) is 0.823.